The summed E-state index contributed by atoms with van der Waals surface area (Å²) in [5, 5.41) is 6.69. The van der Waals surface area contributed by atoms with Crippen LogP contribution >= 0.6 is 0 Å². The fourth-order valence-electron chi connectivity index (χ4n) is 1.38. The van der Waals surface area contributed by atoms with Crippen molar-refractivity contribution in [1.29, 1.82) is 0 Å². The Balaban J connectivity index is 2.75. The molecule has 0 aliphatic heterocycles. The Bertz CT molecular complexity index is 459. The molecule has 1 aromatic rings. The molecule has 18 heavy (non-hydrogen) atoms. The maximum atomic E-state index is 11.7. The summed E-state index contributed by atoms with van der Waals surface area (Å²) >= 11 is 0. The van der Waals surface area contributed by atoms with Crippen molar-refractivity contribution in [2.75, 3.05) is 12.8 Å². The first-order valence-electron chi connectivity index (χ1n) is 5.45. The summed E-state index contributed by atoms with van der Waals surface area (Å²) in [5.74, 6) is -0.830. The third kappa shape index (κ3) is 3.76. The van der Waals surface area contributed by atoms with Gasteiger partial charge in [-0.15, -0.1) is 0 Å². The normalized spacial score (nSPS) is 11.1. The SMILES string of the molecule is COC(=O)c1nn(CC(=O)NC(C)(C)C)cc1N. The van der Waals surface area contributed by atoms with E-state index >= 15 is 0 Å². The highest BCUT2D eigenvalue weighted by Crippen LogP contribution is 2.10. The molecule has 0 unspecified atom stereocenters. The van der Waals surface area contributed by atoms with Crippen molar-refractivity contribution >= 4 is 17.6 Å². The van der Waals surface area contributed by atoms with Gasteiger partial charge >= 0.3 is 5.97 Å². The number of esters is 1. The molecular weight excluding hydrogens is 236 g/mol. The Labute approximate surface area is 105 Å². The number of nitrogens with zero attached hydrogens (tertiary/aromatic N) is 2. The predicted octanol–water partition coefficient (Wildman–Crippen LogP) is 0.167. The van der Waals surface area contributed by atoms with Crippen molar-refractivity contribution in [2.45, 2.75) is 32.9 Å². The first-order chi connectivity index (χ1) is 8.23. The van der Waals surface area contributed by atoms with Crippen molar-refractivity contribution in [2.24, 2.45) is 0 Å². The Morgan fingerprint density at radius 1 is 1.50 bits per heavy atom. The lowest BCUT2D eigenvalue weighted by molar-refractivity contribution is -0.123. The standard InChI is InChI=1S/C11H18N4O3/c1-11(2,3)13-8(16)6-15-5-7(12)9(14-15)10(17)18-4/h5H,6,12H2,1-4H3,(H,13,16). The van der Waals surface area contributed by atoms with Gasteiger partial charge in [-0.05, 0) is 20.8 Å². The molecule has 7 heteroatoms. The van der Waals surface area contributed by atoms with E-state index in [0.717, 1.165) is 0 Å². The van der Waals surface area contributed by atoms with Crippen LogP contribution < -0.4 is 11.1 Å². The van der Waals surface area contributed by atoms with Crippen molar-refractivity contribution in [1.82, 2.24) is 15.1 Å². The summed E-state index contributed by atoms with van der Waals surface area (Å²) < 4.78 is 5.83. The van der Waals surface area contributed by atoms with Gasteiger partial charge < -0.3 is 15.8 Å². The molecule has 1 rings (SSSR count). The van der Waals surface area contributed by atoms with Gasteiger partial charge in [0.15, 0.2) is 5.69 Å². The molecule has 3 N–H and O–H groups in total. The number of ether oxygens (including phenoxy) is 1. The number of nitrogens with one attached hydrogen (secondary N) is 1. The number of nitrogen functional groups attached to an aromatic ring is 1. The highest BCUT2D eigenvalue weighted by Gasteiger charge is 2.18. The highest BCUT2D eigenvalue weighted by molar-refractivity contribution is 5.92. The summed E-state index contributed by atoms with van der Waals surface area (Å²) in [4.78, 5) is 22.9. The number of nitrogens with two attached hydrogens (primary N) is 1. The molecule has 7 nitrogen and oxygen atoms in total. The van der Waals surface area contributed by atoms with E-state index in [1.807, 2.05) is 20.8 Å². The topological polar surface area (TPSA) is 99.2 Å². The molecule has 0 aliphatic rings. The molecule has 0 radical (unpaired) electrons. The van der Waals surface area contributed by atoms with Crippen LogP contribution in [-0.4, -0.2) is 34.3 Å². The van der Waals surface area contributed by atoms with Crippen LogP contribution in [0.1, 0.15) is 31.3 Å². The lowest BCUT2D eigenvalue weighted by atomic mass is 10.1. The van der Waals surface area contributed by atoms with Gasteiger partial charge in [0.25, 0.3) is 0 Å². The highest BCUT2D eigenvalue weighted by atomic mass is 16.5. The van der Waals surface area contributed by atoms with Gasteiger partial charge in [0, 0.05) is 11.7 Å². The lowest BCUT2D eigenvalue weighted by Gasteiger charge is -2.20. The number of methoxy groups -OCH3 is 1. The molecule has 0 spiro atoms. The zero-order valence-corrected chi connectivity index (χ0v) is 11.0. The van der Waals surface area contributed by atoms with Gasteiger partial charge in [-0.1, -0.05) is 0 Å². The second-order valence-electron chi connectivity index (χ2n) is 4.92. The third-order valence-corrected chi connectivity index (χ3v) is 1.99. The largest absolute Gasteiger partial charge is 0.464 e. The number of hydrogen-bond acceptors (Lipinski definition) is 5. The maximum absolute atomic E-state index is 11.7. The molecule has 100 valence electrons. The fourth-order valence-corrected chi connectivity index (χ4v) is 1.38. The van der Waals surface area contributed by atoms with Gasteiger partial charge in [0.05, 0.1) is 12.8 Å². The average Bonchev–Trinajstić information content (AvgIpc) is 2.55. The van der Waals surface area contributed by atoms with Crippen molar-refractivity contribution < 1.29 is 14.3 Å². The Morgan fingerprint density at radius 3 is 2.61 bits per heavy atom. The molecule has 0 aromatic carbocycles. The fraction of sp³-hybridized carbons (Fsp3) is 0.545. The van der Waals surface area contributed by atoms with Crippen LogP contribution in [-0.2, 0) is 16.1 Å². The number of carbonyl (C=O) groups is 2. The first-order valence-corrected chi connectivity index (χ1v) is 5.45. The van der Waals surface area contributed by atoms with Gasteiger partial charge in [-0.2, -0.15) is 5.10 Å². The summed E-state index contributed by atoms with van der Waals surface area (Å²) in [5.41, 5.74) is 5.49. The molecule has 0 saturated heterocycles. The van der Waals surface area contributed by atoms with E-state index in [1.165, 1.54) is 18.0 Å². The molecule has 0 bridgehead atoms. The predicted molar refractivity (Wildman–Crippen MR) is 65.9 cm³/mol. The maximum Gasteiger partial charge on any atom is 0.360 e. The molecule has 0 fully saturated rings. The summed E-state index contributed by atoms with van der Waals surface area (Å²) in [6, 6.07) is 0. The Hall–Kier alpha value is -2.05. The van der Waals surface area contributed by atoms with Gasteiger partial charge in [0.2, 0.25) is 5.91 Å². The molecular formula is C11H18N4O3. The van der Waals surface area contributed by atoms with Crippen LogP contribution in [0.5, 0.6) is 0 Å². The smallest absolute Gasteiger partial charge is 0.360 e. The Morgan fingerprint density at radius 2 is 2.11 bits per heavy atom. The van der Waals surface area contributed by atoms with E-state index in [1.54, 1.807) is 0 Å². The number of aromatic nitrogens is 2. The van der Waals surface area contributed by atoms with Crippen LogP contribution in [0.25, 0.3) is 0 Å². The number of amides is 1. The molecule has 0 aliphatic carbocycles. The molecule has 1 amide bonds. The molecule has 1 heterocycles. The van der Waals surface area contributed by atoms with Crippen LogP contribution in [0.15, 0.2) is 6.20 Å². The summed E-state index contributed by atoms with van der Waals surface area (Å²) in [7, 11) is 1.24. The van der Waals surface area contributed by atoms with Gasteiger partial charge in [-0.3, -0.25) is 9.48 Å². The van der Waals surface area contributed by atoms with Crippen LogP contribution in [0.4, 0.5) is 5.69 Å². The second kappa shape index (κ2) is 5.07. The van der Waals surface area contributed by atoms with E-state index < -0.39 is 5.97 Å². The van der Waals surface area contributed by atoms with Gasteiger partial charge in [-0.25, -0.2) is 4.79 Å². The molecule has 1 aromatic heterocycles. The van der Waals surface area contributed by atoms with E-state index in [0.29, 0.717) is 0 Å². The first kappa shape index (κ1) is 14.0. The van der Waals surface area contributed by atoms with E-state index in [-0.39, 0.29) is 29.4 Å². The Kier molecular flexibility index (Phi) is 3.95. The van der Waals surface area contributed by atoms with Crippen LogP contribution in [0, 0.1) is 0 Å². The van der Waals surface area contributed by atoms with E-state index in [9.17, 15) is 9.59 Å². The number of anilines is 1. The van der Waals surface area contributed by atoms with Crippen molar-refractivity contribution in [3.05, 3.63) is 11.9 Å². The third-order valence-electron chi connectivity index (χ3n) is 1.99. The number of rotatable bonds is 3. The van der Waals surface area contributed by atoms with Crippen LogP contribution in [0.2, 0.25) is 0 Å². The molecule has 0 atom stereocenters. The van der Waals surface area contributed by atoms with Gasteiger partial charge in [0.1, 0.15) is 6.54 Å². The summed E-state index contributed by atoms with van der Waals surface area (Å²) in [6.07, 6.45) is 1.43. The quantitative estimate of drug-likeness (QED) is 0.749. The minimum atomic E-state index is -0.623. The summed E-state index contributed by atoms with van der Waals surface area (Å²) in [6.45, 7) is 5.63. The van der Waals surface area contributed by atoms with E-state index in [4.69, 9.17) is 5.73 Å². The van der Waals surface area contributed by atoms with E-state index in [2.05, 4.69) is 15.2 Å². The van der Waals surface area contributed by atoms with Crippen LogP contribution in [0.3, 0.4) is 0 Å². The minimum absolute atomic E-state index is 0.00152. The zero-order chi connectivity index (χ0) is 13.9. The minimum Gasteiger partial charge on any atom is -0.464 e. The zero-order valence-electron chi connectivity index (χ0n) is 11.0. The molecule has 0 saturated carbocycles. The monoisotopic (exact) mass is 254 g/mol. The average molecular weight is 254 g/mol. The number of carbonyl (C=O) groups excluding carboxylic acids is 2. The number of hydrogen-bond donors (Lipinski definition) is 2. The second-order valence-corrected chi connectivity index (χ2v) is 4.92. The van der Waals surface area contributed by atoms with Crippen molar-refractivity contribution in [3.8, 4) is 0 Å². The van der Waals surface area contributed by atoms with Crippen molar-refractivity contribution in [3.63, 3.8) is 0 Å². The lowest BCUT2D eigenvalue weighted by Crippen LogP contribution is -2.42.